The van der Waals surface area contributed by atoms with Gasteiger partial charge in [0, 0.05) is 6.42 Å². The minimum absolute atomic E-state index is 0.196. The van der Waals surface area contributed by atoms with Gasteiger partial charge in [-0.25, -0.2) is 18.7 Å². The lowest BCUT2D eigenvalue weighted by atomic mass is 9.92. The smallest absolute Gasteiger partial charge is 0.273 e. The normalized spacial score (nSPS) is 11.7. The standard InChI is InChI=1S/C17H18FN5O2/c1-17(2,3)8-14(24)21-22-10-19-15-13(16(22)25)9-20-23(15)12-6-4-11(18)5-7-12/h4-7,9-10H,8H2,1-3H3,(H,21,24). The van der Waals surface area contributed by atoms with Gasteiger partial charge in [0.2, 0.25) is 5.91 Å². The fraction of sp³-hybridized carbons (Fsp3) is 0.294. The van der Waals surface area contributed by atoms with Crippen molar-refractivity contribution in [1.82, 2.24) is 19.4 Å². The molecule has 0 fully saturated rings. The molecule has 2 heterocycles. The number of amides is 1. The van der Waals surface area contributed by atoms with Crippen molar-refractivity contribution in [3.05, 3.63) is 53.0 Å². The van der Waals surface area contributed by atoms with E-state index in [-0.39, 0.29) is 28.9 Å². The van der Waals surface area contributed by atoms with Gasteiger partial charge in [-0.2, -0.15) is 5.10 Å². The molecule has 0 radical (unpaired) electrons. The molecule has 0 aliphatic rings. The second-order valence-electron chi connectivity index (χ2n) is 6.96. The predicted octanol–water partition coefficient (Wildman–Crippen LogP) is 2.23. The highest BCUT2D eigenvalue weighted by atomic mass is 19.1. The highest BCUT2D eigenvalue weighted by molar-refractivity contribution is 5.84. The number of fused-ring (bicyclic) bond motifs is 1. The Morgan fingerprint density at radius 2 is 1.92 bits per heavy atom. The second kappa shape index (κ2) is 6.12. The van der Waals surface area contributed by atoms with Crippen LogP contribution in [0.1, 0.15) is 27.2 Å². The summed E-state index contributed by atoms with van der Waals surface area (Å²) in [7, 11) is 0. The first kappa shape index (κ1) is 16.8. The van der Waals surface area contributed by atoms with E-state index in [9.17, 15) is 14.0 Å². The maximum Gasteiger partial charge on any atom is 0.283 e. The molecular weight excluding hydrogens is 325 g/mol. The number of nitrogens with one attached hydrogen (secondary N) is 1. The first-order chi connectivity index (χ1) is 11.7. The van der Waals surface area contributed by atoms with Crippen LogP contribution < -0.4 is 11.0 Å². The molecular formula is C17H18FN5O2. The van der Waals surface area contributed by atoms with Crippen molar-refractivity contribution in [1.29, 1.82) is 0 Å². The molecule has 3 rings (SSSR count). The van der Waals surface area contributed by atoms with Crippen LogP contribution in [-0.2, 0) is 4.79 Å². The van der Waals surface area contributed by atoms with Gasteiger partial charge in [0.1, 0.15) is 17.5 Å². The van der Waals surface area contributed by atoms with Gasteiger partial charge in [0.15, 0.2) is 5.65 Å². The molecule has 0 spiro atoms. The van der Waals surface area contributed by atoms with Crippen LogP contribution in [-0.4, -0.2) is 25.3 Å². The Morgan fingerprint density at radius 3 is 2.56 bits per heavy atom. The number of hydrogen-bond donors (Lipinski definition) is 1. The number of rotatable bonds is 3. The lowest BCUT2D eigenvalue weighted by Crippen LogP contribution is -2.34. The third kappa shape index (κ3) is 3.57. The number of halogens is 1. The van der Waals surface area contributed by atoms with E-state index in [0.29, 0.717) is 11.3 Å². The van der Waals surface area contributed by atoms with Gasteiger partial charge in [-0.05, 0) is 29.7 Å². The first-order valence-corrected chi connectivity index (χ1v) is 7.76. The summed E-state index contributed by atoms with van der Waals surface area (Å²) in [5, 5.41) is 4.39. The number of nitrogens with zero attached hydrogens (tertiary/aromatic N) is 4. The summed E-state index contributed by atoms with van der Waals surface area (Å²) >= 11 is 0. The van der Waals surface area contributed by atoms with Crippen LogP contribution in [0.3, 0.4) is 0 Å². The van der Waals surface area contributed by atoms with Crippen molar-refractivity contribution in [2.45, 2.75) is 27.2 Å². The van der Waals surface area contributed by atoms with E-state index in [1.54, 1.807) is 12.1 Å². The molecule has 130 valence electrons. The number of carbonyl (C=O) groups is 1. The van der Waals surface area contributed by atoms with Crippen molar-refractivity contribution >= 4 is 16.9 Å². The molecule has 0 unspecified atom stereocenters. The summed E-state index contributed by atoms with van der Waals surface area (Å²) in [6, 6.07) is 5.69. The zero-order valence-corrected chi connectivity index (χ0v) is 14.2. The van der Waals surface area contributed by atoms with E-state index in [1.807, 2.05) is 20.8 Å². The Morgan fingerprint density at radius 1 is 1.24 bits per heavy atom. The Kier molecular flexibility index (Phi) is 4.12. The van der Waals surface area contributed by atoms with Crippen LogP contribution in [0.5, 0.6) is 0 Å². The summed E-state index contributed by atoms with van der Waals surface area (Å²) < 4.78 is 15.5. The molecule has 0 bridgehead atoms. The zero-order chi connectivity index (χ0) is 18.2. The number of benzene rings is 1. The minimum atomic E-state index is -0.430. The van der Waals surface area contributed by atoms with Gasteiger partial charge in [-0.3, -0.25) is 15.0 Å². The molecule has 0 atom stereocenters. The number of carbonyl (C=O) groups excluding carboxylic acids is 1. The fourth-order valence-electron chi connectivity index (χ4n) is 2.42. The number of aromatic nitrogens is 4. The molecule has 1 amide bonds. The molecule has 0 saturated heterocycles. The second-order valence-corrected chi connectivity index (χ2v) is 6.96. The van der Waals surface area contributed by atoms with Gasteiger partial charge in [-0.1, -0.05) is 20.8 Å². The fourth-order valence-corrected chi connectivity index (χ4v) is 2.42. The molecule has 1 aromatic carbocycles. The monoisotopic (exact) mass is 343 g/mol. The molecule has 1 N–H and O–H groups in total. The molecule has 3 aromatic rings. The molecule has 0 aliphatic heterocycles. The summed E-state index contributed by atoms with van der Waals surface area (Å²) in [4.78, 5) is 28.7. The van der Waals surface area contributed by atoms with Crippen molar-refractivity contribution in [3.63, 3.8) is 0 Å². The Hall–Kier alpha value is -3.03. The predicted molar refractivity (Wildman–Crippen MR) is 91.5 cm³/mol. The van der Waals surface area contributed by atoms with E-state index >= 15 is 0 Å². The van der Waals surface area contributed by atoms with E-state index in [0.717, 1.165) is 4.68 Å². The minimum Gasteiger partial charge on any atom is -0.273 e. The molecule has 0 aliphatic carbocycles. The Labute approximate surface area is 143 Å². The summed E-state index contributed by atoms with van der Waals surface area (Å²) in [6.45, 7) is 5.80. The van der Waals surface area contributed by atoms with Crippen molar-refractivity contribution in [2.24, 2.45) is 5.41 Å². The highest BCUT2D eigenvalue weighted by Crippen LogP contribution is 2.18. The molecule has 7 nitrogen and oxygen atoms in total. The quantitative estimate of drug-likeness (QED) is 0.791. The number of hydrogen-bond acceptors (Lipinski definition) is 4. The lowest BCUT2D eigenvalue weighted by Gasteiger charge is -2.17. The van der Waals surface area contributed by atoms with Gasteiger partial charge in [0.25, 0.3) is 5.56 Å². The summed E-state index contributed by atoms with van der Waals surface area (Å²) in [5.74, 6) is -0.640. The van der Waals surface area contributed by atoms with Crippen LogP contribution in [0.4, 0.5) is 4.39 Å². The van der Waals surface area contributed by atoms with Crippen LogP contribution in [0.25, 0.3) is 16.7 Å². The largest absolute Gasteiger partial charge is 0.283 e. The summed E-state index contributed by atoms with van der Waals surface area (Å²) in [5.41, 5.74) is 2.82. The van der Waals surface area contributed by atoms with Crippen LogP contribution in [0, 0.1) is 11.2 Å². The summed E-state index contributed by atoms with van der Waals surface area (Å²) in [6.07, 6.45) is 2.89. The Bertz CT molecular complexity index is 983. The van der Waals surface area contributed by atoms with E-state index in [1.165, 1.54) is 29.3 Å². The first-order valence-electron chi connectivity index (χ1n) is 7.76. The average molecular weight is 343 g/mol. The highest BCUT2D eigenvalue weighted by Gasteiger charge is 2.17. The van der Waals surface area contributed by atoms with Crippen molar-refractivity contribution in [2.75, 3.05) is 5.43 Å². The van der Waals surface area contributed by atoms with Crippen molar-refractivity contribution in [3.8, 4) is 5.69 Å². The van der Waals surface area contributed by atoms with Gasteiger partial charge >= 0.3 is 0 Å². The van der Waals surface area contributed by atoms with Gasteiger partial charge in [-0.15, -0.1) is 0 Å². The topological polar surface area (TPSA) is 81.8 Å². The van der Waals surface area contributed by atoms with E-state index in [4.69, 9.17) is 0 Å². The third-order valence-corrected chi connectivity index (χ3v) is 3.50. The third-order valence-electron chi connectivity index (χ3n) is 3.50. The van der Waals surface area contributed by atoms with Gasteiger partial charge in [0.05, 0.1) is 11.9 Å². The zero-order valence-electron chi connectivity index (χ0n) is 14.2. The SMILES string of the molecule is CC(C)(C)CC(=O)Nn1cnc2c(cnn2-c2ccc(F)cc2)c1=O. The lowest BCUT2D eigenvalue weighted by molar-refractivity contribution is -0.118. The van der Waals surface area contributed by atoms with E-state index < -0.39 is 5.56 Å². The Balaban J connectivity index is 1.95. The average Bonchev–Trinajstić information content (AvgIpc) is 2.94. The van der Waals surface area contributed by atoms with Crippen LogP contribution in [0.2, 0.25) is 0 Å². The molecule has 0 saturated carbocycles. The van der Waals surface area contributed by atoms with Crippen LogP contribution in [0.15, 0.2) is 41.6 Å². The van der Waals surface area contributed by atoms with Gasteiger partial charge < -0.3 is 0 Å². The van der Waals surface area contributed by atoms with Crippen LogP contribution >= 0.6 is 0 Å². The molecule has 2 aromatic heterocycles. The maximum absolute atomic E-state index is 13.1. The molecule has 25 heavy (non-hydrogen) atoms. The van der Waals surface area contributed by atoms with Crippen molar-refractivity contribution < 1.29 is 9.18 Å². The molecule has 8 heteroatoms. The maximum atomic E-state index is 13.1. The van der Waals surface area contributed by atoms with E-state index in [2.05, 4.69) is 15.5 Å².